The van der Waals surface area contributed by atoms with E-state index >= 15 is 0 Å². The monoisotopic (exact) mass is 346 g/mol. The molecule has 2 atom stereocenters. The predicted octanol–water partition coefficient (Wildman–Crippen LogP) is 2.50. The number of hydrogen-bond donors (Lipinski definition) is 1. The molecule has 5 nitrogen and oxygen atoms in total. The van der Waals surface area contributed by atoms with Crippen LogP contribution in [0, 0.1) is 11.6 Å². The summed E-state index contributed by atoms with van der Waals surface area (Å²) in [4.78, 5) is 25.9. The summed E-state index contributed by atoms with van der Waals surface area (Å²) in [6, 6.07) is 10.2. The Morgan fingerprint density at radius 2 is 1.88 bits per heavy atom. The zero-order chi connectivity index (χ0) is 18.0. The molecule has 130 valence electrons. The highest BCUT2D eigenvalue weighted by Gasteiger charge is 2.40. The number of benzene rings is 2. The van der Waals surface area contributed by atoms with Gasteiger partial charge in [-0.3, -0.25) is 9.59 Å². The van der Waals surface area contributed by atoms with Crippen molar-refractivity contribution in [2.24, 2.45) is 0 Å². The van der Waals surface area contributed by atoms with Gasteiger partial charge in [0.1, 0.15) is 18.2 Å². The van der Waals surface area contributed by atoms with E-state index in [4.69, 9.17) is 4.74 Å². The van der Waals surface area contributed by atoms with Crippen LogP contribution in [0.3, 0.4) is 0 Å². The number of anilines is 1. The number of nitrogens with one attached hydrogen (secondary N) is 1. The van der Waals surface area contributed by atoms with Crippen molar-refractivity contribution in [3.8, 4) is 0 Å². The van der Waals surface area contributed by atoms with Crippen molar-refractivity contribution in [1.82, 2.24) is 4.90 Å². The Kier molecular flexibility index (Phi) is 4.76. The number of amides is 2. The number of carbonyl (C=O) groups excluding carboxylic acids is 2. The largest absolute Gasteiger partial charge is 0.356 e. The molecule has 1 fully saturated rings. The lowest BCUT2D eigenvalue weighted by Crippen LogP contribution is -2.51. The maximum Gasteiger partial charge on any atom is 0.256 e. The fourth-order valence-corrected chi connectivity index (χ4v) is 2.77. The average Bonchev–Trinajstić information content (AvgIpc) is 2.59. The molecule has 1 saturated heterocycles. The van der Waals surface area contributed by atoms with Crippen molar-refractivity contribution in [3.05, 3.63) is 65.7 Å². The maximum atomic E-state index is 13.6. The van der Waals surface area contributed by atoms with E-state index < -0.39 is 29.7 Å². The third-order valence-corrected chi connectivity index (χ3v) is 4.04. The van der Waals surface area contributed by atoms with Crippen molar-refractivity contribution in [3.63, 3.8) is 0 Å². The van der Waals surface area contributed by atoms with Crippen molar-refractivity contribution >= 4 is 17.5 Å². The molecular formula is C18H16F2N2O3. The Labute approximate surface area is 143 Å². The molecule has 1 aliphatic heterocycles. The van der Waals surface area contributed by atoms with Gasteiger partial charge in [-0.25, -0.2) is 8.78 Å². The second kappa shape index (κ2) is 6.98. The third-order valence-electron chi connectivity index (χ3n) is 4.04. The minimum atomic E-state index is -1.02. The van der Waals surface area contributed by atoms with E-state index in [1.165, 1.54) is 47.4 Å². The molecule has 7 heteroatoms. The second-order valence-corrected chi connectivity index (χ2v) is 5.73. The minimum absolute atomic E-state index is 0.246. The Morgan fingerprint density at radius 3 is 2.56 bits per heavy atom. The van der Waals surface area contributed by atoms with E-state index in [9.17, 15) is 18.4 Å². The molecule has 1 heterocycles. The summed E-state index contributed by atoms with van der Waals surface area (Å²) in [5.74, 6) is -1.70. The number of morpholine rings is 1. The summed E-state index contributed by atoms with van der Waals surface area (Å²) in [6.07, 6.45) is -1.02. The lowest BCUT2D eigenvalue weighted by molar-refractivity contribution is -0.160. The highest BCUT2D eigenvalue weighted by atomic mass is 19.1. The average molecular weight is 346 g/mol. The van der Waals surface area contributed by atoms with Crippen LogP contribution in [0.5, 0.6) is 0 Å². The lowest BCUT2D eigenvalue weighted by Gasteiger charge is -2.38. The molecule has 0 bridgehead atoms. The quantitative estimate of drug-likeness (QED) is 0.929. The number of nitrogens with zero attached hydrogens (tertiary/aromatic N) is 1. The van der Waals surface area contributed by atoms with Gasteiger partial charge in [-0.05, 0) is 42.0 Å². The van der Waals surface area contributed by atoms with Crippen LogP contribution in [-0.4, -0.2) is 36.5 Å². The van der Waals surface area contributed by atoms with Gasteiger partial charge in [0, 0.05) is 12.7 Å². The maximum absolute atomic E-state index is 13.6. The van der Waals surface area contributed by atoms with E-state index in [1.54, 1.807) is 13.1 Å². The molecule has 1 N–H and O–H groups in total. The van der Waals surface area contributed by atoms with E-state index in [-0.39, 0.29) is 12.5 Å². The van der Waals surface area contributed by atoms with Gasteiger partial charge in [-0.2, -0.15) is 0 Å². The first-order valence-electron chi connectivity index (χ1n) is 7.65. The Bertz CT molecular complexity index is 795. The summed E-state index contributed by atoms with van der Waals surface area (Å²) in [7, 11) is 1.54. The minimum Gasteiger partial charge on any atom is -0.356 e. The predicted molar refractivity (Wildman–Crippen MR) is 86.7 cm³/mol. The van der Waals surface area contributed by atoms with Crippen LogP contribution in [0.15, 0.2) is 48.5 Å². The summed E-state index contributed by atoms with van der Waals surface area (Å²) >= 11 is 0. The fraction of sp³-hybridized carbons (Fsp3) is 0.222. The van der Waals surface area contributed by atoms with Gasteiger partial charge in [0.15, 0.2) is 6.10 Å². The van der Waals surface area contributed by atoms with Crippen LogP contribution < -0.4 is 5.32 Å². The normalized spacial score (nSPS) is 20.4. The van der Waals surface area contributed by atoms with Gasteiger partial charge >= 0.3 is 0 Å². The molecule has 0 spiro atoms. The molecule has 2 aromatic carbocycles. The number of ether oxygens (including phenoxy) is 1. The van der Waals surface area contributed by atoms with E-state index in [0.717, 1.165) is 0 Å². The van der Waals surface area contributed by atoms with Crippen LogP contribution in [0.1, 0.15) is 11.6 Å². The standard InChI is InChI=1S/C18H16F2N2O3/c1-22-15(23)10-25-17(16(22)11-3-2-4-13(20)9-11)18(24)21-14-7-5-12(19)6-8-14/h2-9,16-17H,10H2,1H3,(H,21,24)/t16-,17+/m1/s1. The van der Waals surface area contributed by atoms with Crippen LogP contribution in [-0.2, 0) is 14.3 Å². The van der Waals surface area contributed by atoms with Crippen molar-refractivity contribution in [2.75, 3.05) is 19.0 Å². The first-order chi connectivity index (χ1) is 12.0. The van der Waals surface area contributed by atoms with E-state index in [2.05, 4.69) is 5.32 Å². The van der Waals surface area contributed by atoms with Gasteiger partial charge in [-0.1, -0.05) is 12.1 Å². The first-order valence-corrected chi connectivity index (χ1v) is 7.65. The topological polar surface area (TPSA) is 58.6 Å². The van der Waals surface area contributed by atoms with Crippen LogP contribution >= 0.6 is 0 Å². The highest BCUT2D eigenvalue weighted by Crippen LogP contribution is 2.30. The van der Waals surface area contributed by atoms with Crippen LogP contribution in [0.25, 0.3) is 0 Å². The van der Waals surface area contributed by atoms with Crippen LogP contribution in [0.4, 0.5) is 14.5 Å². The Hall–Kier alpha value is -2.80. The summed E-state index contributed by atoms with van der Waals surface area (Å²) < 4.78 is 32.0. The van der Waals surface area contributed by atoms with Gasteiger partial charge in [-0.15, -0.1) is 0 Å². The number of hydrogen-bond acceptors (Lipinski definition) is 3. The molecule has 1 aliphatic rings. The van der Waals surface area contributed by atoms with Gasteiger partial charge in [0.2, 0.25) is 5.91 Å². The van der Waals surface area contributed by atoms with E-state index in [1.807, 2.05) is 0 Å². The molecule has 3 rings (SSSR count). The molecule has 0 aromatic heterocycles. The molecule has 25 heavy (non-hydrogen) atoms. The van der Waals surface area contributed by atoms with Gasteiger partial charge < -0.3 is 15.0 Å². The SMILES string of the molecule is CN1C(=O)CO[C@H](C(=O)Nc2ccc(F)cc2)[C@H]1c1cccc(F)c1. The first kappa shape index (κ1) is 17.0. The van der Waals surface area contributed by atoms with Gasteiger partial charge in [0.25, 0.3) is 5.91 Å². The third kappa shape index (κ3) is 3.66. The zero-order valence-corrected chi connectivity index (χ0v) is 13.4. The van der Waals surface area contributed by atoms with Crippen molar-refractivity contribution in [2.45, 2.75) is 12.1 Å². The molecule has 2 aromatic rings. The number of halogens is 2. The number of carbonyl (C=O) groups is 2. The molecular weight excluding hydrogens is 330 g/mol. The molecule has 2 amide bonds. The fourth-order valence-electron chi connectivity index (χ4n) is 2.77. The summed E-state index contributed by atoms with van der Waals surface area (Å²) in [5.41, 5.74) is 0.849. The molecule has 0 radical (unpaired) electrons. The van der Waals surface area contributed by atoms with Gasteiger partial charge in [0.05, 0.1) is 6.04 Å². The highest BCUT2D eigenvalue weighted by molar-refractivity contribution is 5.96. The molecule has 0 unspecified atom stereocenters. The molecule has 0 aliphatic carbocycles. The lowest BCUT2D eigenvalue weighted by atomic mass is 9.97. The molecule has 0 saturated carbocycles. The van der Waals surface area contributed by atoms with Crippen LogP contribution in [0.2, 0.25) is 0 Å². The van der Waals surface area contributed by atoms with Crippen molar-refractivity contribution < 1.29 is 23.1 Å². The van der Waals surface area contributed by atoms with E-state index in [0.29, 0.717) is 11.3 Å². The number of rotatable bonds is 3. The number of likely N-dealkylation sites (N-methyl/N-ethyl adjacent to an activating group) is 1. The summed E-state index contributed by atoms with van der Waals surface area (Å²) in [6.45, 7) is -0.246. The second-order valence-electron chi connectivity index (χ2n) is 5.73. The zero-order valence-electron chi connectivity index (χ0n) is 13.4. The Balaban J connectivity index is 1.87. The summed E-state index contributed by atoms with van der Waals surface area (Å²) in [5, 5.41) is 2.63. The smallest absolute Gasteiger partial charge is 0.256 e. The van der Waals surface area contributed by atoms with Crippen molar-refractivity contribution in [1.29, 1.82) is 0 Å². The Morgan fingerprint density at radius 1 is 1.16 bits per heavy atom.